The van der Waals surface area contributed by atoms with Gasteiger partial charge in [-0.25, -0.2) is 18.9 Å². The molecule has 1 aliphatic heterocycles. The van der Waals surface area contributed by atoms with Crippen molar-refractivity contribution in [2.75, 3.05) is 13.1 Å². The zero-order valence-corrected chi connectivity index (χ0v) is 23.4. The molecule has 1 saturated heterocycles. The number of piperidine rings is 1. The quantitative estimate of drug-likeness (QED) is 0.230. The molecule has 2 fully saturated rings. The number of halogens is 4. The van der Waals surface area contributed by atoms with Crippen LogP contribution in [0.1, 0.15) is 58.8 Å². The van der Waals surface area contributed by atoms with Gasteiger partial charge in [0.15, 0.2) is 23.1 Å². The average Bonchev–Trinajstić information content (AvgIpc) is 3.76. The molecule has 0 radical (unpaired) electrons. The first-order valence-corrected chi connectivity index (χ1v) is 14.3. The fraction of sp³-hybridized carbons (Fsp3) is 0.312. The van der Waals surface area contributed by atoms with Crippen molar-refractivity contribution in [2.24, 2.45) is 5.92 Å². The first-order chi connectivity index (χ1) is 21.1. The van der Waals surface area contributed by atoms with Crippen LogP contribution in [0.15, 0.2) is 66.9 Å². The lowest BCUT2D eigenvalue weighted by Crippen LogP contribution is -2.38. The summed E-state index contributed by atoms with van der Waals surface area (Å²) in [6.07, 6.45) is -0.412. The number of hydrogen-bond acceptors (Lipinski definition) is 5. The Kier molecular flexibility index (Phi) is 7.83. The lowest BCUT2D eigenvalue weighted by molar-refractivity contribution is -0.141. The molecule has 0 unspecified atom stereocenters. The number of para-hydroxylation sites is 1. The highest BCUT2D eigenvalue weighted by Gasteiger charge is 2.39. The Morgan fingerprint density at radius 3 is 2.30 bits per heavy atom. The minimum absolute atomic E-state index is 0.0539. The van der Waals surface area contributed by atoms with E-state index in [1.165, 1.54) is 35.9 Å². The molecule has 0 spiro atoms. The van der Waals surface area contributed by atoms with Gasteiger partial charge in [-0.1, -0.05) is 36.4 Å². The molecule has 2 aromatic heterocycles. The van der Waals surface area contributed by atoms with Crippen LogP contribution < -0.4 is 4.74 Å². The molecule has 1 aliphatic carbocycles. The summed E-state index contributed by atoms with van der Waals surface area (Å²) >= 11 is 0. The van der Waals surface area contributed by atoms with Gasteiger partial charge in [-0.2, -0.15) is 18.3 Å². The molecule has 3 heterocycles. The van der Waals surface area contributed by atoms with E-state index in [1.54, 1.807) is 6.07 Å². The van der Waals surface area contributed by atoms with E-state index in [1.807, 2.05) is 29.2 Å². The Hall–Kier alpha value is -4.74. The molecular formula is C32H28F4N4O4. The predicted octanol–water partition coefficient (Wildman–Crippen LogP) is 6.49. The zero-order chi connectivity index (χ0) is 31.0. The van der Waals surface area contributed by atoms with Crippen molar-refractivity contribution in [2.45, 2.75) is 44.4 Å². The van der Waals surface area contributed by atoms with E-state index in [-0.39, 0.29) is 41.3 Å². The number of amides is 1. The van der Waals surface area contributed by atoms with Gasteiger partial charge in [0.25, 0.3) is 0 Å². The van der Waals surface area contributed by atoms with Gasteiger partial charge in [-0.3, -0.25) is 4.79 Å². The van der Waals surface area contributed by atoms with Crippen LogP contribution in [0.3, 0.4) is 0 Å². The van der Waals surface area contributed by atoms with E-state index < -0.39 is 29.2 Å². The molecule has 6 rings (SSSR count). The van der Waals surface area contributed by atoms with Crippen LogP contribution in [0, 0.1) is 11.7 Å². The van der Waals surface area contributed by atoms with Crippen molar-refractivity contribution < 1.29 is 37.0 Å². The number of carboxylic acid groups (broad SMARTS) is 1. The van der Waals surface area contributed by atoms with Crippen LogP contribution >= 0.6 is 0 Å². The number of rotatable bonds is 8. The number of carbonyl (C=O) groups is 2. The van der Waals surface area contributed by atoms with Gasteiger partial charge in [0.1, 0.15) is 12.2 Å². The smallest absolute Gasteiger partial charge is 0.436 e. The number of aromatic nitrogens is 3. The van der Waals surface area contributed by atoms with Gasteiger partial charge in [-0.05, 0) is 67.0 Å². The largest absolute Gasteiger partial charge is 0.485 e. The highest BCUT2D eigenvalue weighted by Crippen LogP contribution is 2.36. The van der Waals surface area contributed by atoms with Gasteiger partial charge >= 0.3 is 12.1 Å². The molecule has 2 aliphatic rings. The van der Waals surface area contributed by atoms with Crippen molar-refractivity contribution in [3.63, 3.8) is 0 Å². The summed E-state index contributed by atoms with van der Waals surface area (Å²) in [6.45, 7) is 1.58. The maximum Gasteiger partial charge on any atom is 0.436 e. The zero-order valence-electron chi connectivity index (χ0n) is 23.4. The molecular weight excluding hydrogens is 580 g/mol. The van der Waals surface area contributed by atoms with E-state index >= 15 is 0 Å². The Balaban J connectivity index is 1.17. The fourth-order valence-electron chi connectivity index (χ4n) is 5.48. The van der Waals surface area contributed by atoms with Crippen LogP contribution in [-0.2, 0) is 17.6 Å². The number of likely N-dealkylation sites (tertiary alicyclic amines) is 1. The second-order valence-corrected chi connectivity index (χ2v) is 11.0. The molecule has 0 bridgehead atoms. The van der Waals surface area contributed by atoms with Crippen LogP contribution in [0.5, 0.6) is 5.75 Å². The normalized spacial score (nSPS) is 15.8. The molecule has 44 heavy (non-hydrogen) atoms. The number of carbonyl (C=O) groups excluding carboxylic acids is 1. The number of ether oxygens (including phenoxy) is 1. The Labute approximate surface area is 249 Å². The number of benzene rings is 2. The van der Waals surface area contributed by atoms with E-state index in [9.17, 15) is 32.3 Å². The third-order valence-electron chi connectivity index (χ3n) is 7.99. The number of alkyl halides is 3. The predicted molar refractivity (Wildman–Crippen MR) is 151 cm³/mol. The standard InChI is InChI=1S/C32H28F4N4O4/c33-25-4-1-3-23(26-5-2-6-27(37-26)40-17-24(31(42)43)29(38-40)32(34,35)36)28(25)44-18-19-7-9-20(10-8-19)21-13-15-39(16-14-21)30(41)22-11-12-22/h1-10,17,21-22H,11-16,18H2,(H,42,43). The average molecular weight is 609 g/mol. The molecule has 8 nitrogen and oxygen atoms in total. The van der Waals surface area contributed by atoms with Gasteiger partial charge in [-0.15, -0.1) is 0 Å². The molecule has 0 atom stereocenters. The minimum atomic E-state index is -4.98. The number of aromatic carboxylic acids is 1. The molecule has 4 aromatic rings. The Bertz CT molecular complexity index is 1690. The summed E-state index contributed by atoms with van der Waals surface area (Å²) in [5, 5.41) is 12.6. The highest BCUT2D eigenvalue weighted by atomic mass is 19.4. The summed E-state index contributed by atoms with van der Waals surface area (Å²) in [5.74, 6) is -1.72. The van der Waals surface area contributed by atoms with Crippen LogP contribution in [-0.4, -0.2) is 49.7 Å². The molecule has 1 N–H and O–H groups in total. The second kappa shape index (κ2) is 11.7. The minimum Gasteiger partial charge on any atom is -0.485 e. The summed E-state index contributed by atoms with van der Waals surface area (Å²) in [6, 6.07) is 16.6. The van der Waals surface area contributed by atoms with Gasteiger partial charge in [0.05, 0.1) is 5.69 Å². The summed E-state index contributed by atoms with van der Waals surface area (Å²) in [7, 11) is 0. The molecule has 228 valence electrons. The summed E-state index contributed by atoms with van der Waals surface area (Å²) in [4.78, 5) is 30.0. The first kappa shape index (κ1) is 29.3. The maximum absolute atomic E-state index is 15.0. The lowest BCUT2D eigenvalue weighted by Gasteiger charge is -2.32. The van der Waals surface area contributed by atoms with Crippen molar-refractivity contribution in [1.82, 2.24) is 19.7 Å². The van der Waals surface area contributed by atoms with Crippen LogP contribution in [0.25, 0.3) is 17.1 Å². The molecule has 2 aromatic carbocycles. The summed E-state index contributed by atoms with van der Waals surface area (Å²) in [5.41, 5.74) is -0.120. The van der Waals surface area contributed by atoms with Crippen molar-refractivity contribution in [1.29, 1.82) is 0 Å². The highest BCUT2D eigenvalue weighted by molar-refractivity contribution is 5.89. The monoisotopic (exact) mass is 608 g/mol. The molecule has 12 heteroatoms. The summed E-state index contributed by atoms with van der Waals surface area (Å²) < 4.78 is 61.7. The van der Waals surface area contributed by atoms with Crippen LogP contribution in [0.4, 0.5) is 17.6 Å². The number of nitrogens with zero attached hydrogens (tertiary/aromatic N) is 4. The van der Waals surface area contributed by atoms with E-state index in [2.05, 4.69) is 10.1 Å². The topological polar surface area (TPSA) is 97.5 Å². The fourth-order valence-corrected chi connectivity index (χ4v) is 5.48. The van der Waals surface area contributed by atoms with E-state index in [0.29, 0.717) is 5.92 Å². The van der Waals surface area contributed by atoms with Crippen molar-refractivity contribution >= 4 is 11.9 Å². The van der Waals surface area contributed by atoms with Crippen molar-refractivity contribution in [3.8, 4) is 22.8 Å². The number of hydrogen-bond donors (Lipinski definition) is 1. The molecule has 1 amide bonds. The molecule has 1 saturated carbocycles. The van der Waals surface area contributed by atoms with Gasteiger partial charge in [0.2, 0.25) is 5.91 Å². The number of carboxylic acids is 1. The Morgan fingerprint density at radius 2 is 1.66 bits per heavy atom. The SMILES string of the molecule is O=C(O)c1cn(-c2cccc(-c3cccc(F)c3OCc3ccc(C4CCN(C(=O)C5CC5)CC4)cc3)n2)nc1C(F)(F)F. The lowest BCUT2D eigenvalue weighted by atomic mass is 9.89. The third kappa shape index (κ3) is 6.15. The third-order valence-corrected chi connectivity index (χ3v) is 7.99. The van der Waals surface area contributed by atoms with Gasteiger partial charge in [0, 0.05) is 30.8 Å². The van der Waals surface area contributed by atoms with E-state index in [4.69, 9.17) is 4.74 Å². The second-order valence-electron chi connectivity index (χ2n) is 11.0. The van der Waals surface area contributed by atoms with Crippen LogP contribution in [0.2, 0.25) is 0 Å². The number of pyridine rings is 1. The van der Waals surface area contributed by atoms with Gasteiger partial charge < -0.3 is 14.7 Å². The maximum atomic E-state index is 15.0. The first-order valence-electron chi connectivity index (χ1n) is 14.3. The Morgan fingerprint density at radius 1 is 0.955 bits per heavy atom. The van der Waals surface area contributed by atoms with Crippen molar-refractivity contribution in [3.05, 3.63) is 95.1 Å². The van der Waals surface area contributed by atoms with E-state index in [0.717, 1.165) is 55.2 Å².